The molecule has 3 rings (SSSR count). The molecular formula is C21H31N3O3. The van der Waals surface area contributed by atoms with E-state index < -0.39 is 0 Å². The Bertz CT molecular complexity index is 679. The average Bonchev–Trinajstić information content (AvgIpc) is 3.38. The van der Waals surface area contributed by atoms with E-state index in [0.717, 1.165) is 49.2 Å². The number of benzene rings is 1. The lowest BCUT2D eigenvalue weighted by Crippen LogP contribution is -2.36. The quantitative estimate of drug-likeness (QED) is 0.761. The van der Waals surface area contributed by atoms with Gasteiger partial charge in [-0.05, 0) is 49.4 Å². The smallest absolute Gasteiger partial charge is 0.227 e. The maximum atomic E-state index is 12.5. The SMILES string of the molecule is CCC(=O)N(Cc1cc(NC(=O)C2CC2)ccc1N(C)C)C[C@H]1CCCO1. The summed E-state index contributed by atoms with van der Waals surface area (Å²) in [5.74, 6) is 0.390. The summed E-state index contributed by atoms with van der Waals surface area (Å²) in [6.45, 7) is 3.82. The maximum Gasteiger partial charge on any atom is 0.227 e. The van der Waals surface area contributed by atoms with Gasteiger partial charge in [-0.3, -0.25) is 9.59 Å². The molecule has 1 saturated heterocycles. The van der Waals surface area contributed by atoms with E-state index in [1.807, 2.05) is 49.0 Å². The predicted molar refractivity (Wildman–Crippen MR) is 107 cm³/mol. The van der Waals surface area contributed by atoms with Gasteiger partial charge in [-0.2, -0.15) is 0 Å². The van der Waals surface area contributed by atoms with Gasteiger partial charge in [0.05, 0.1) is 6.10 Å². The summed E-state index contributed by atoms with van der Waals surface area (Å²) < 4.78 is 5.74. The Hall–Kier alpha value is -2.08. The van der Waals surface area contributed by atoms with E-state index in [2.05, 4.69) is 5.32 Å². The number of hydrogen-bond donors (Lipinski definition) is 1. The number of rotatable bonds is 8. The van der Waals surface area contributed by atoms with Crippen molar-refractivity contribution in [2.45, 2.75) is 51.7 Å². The van der Waals surface area contributed by atoms with Crippen molar-refractivity contribution in [1.82, 2.24) is 4.90 Å². The first-order valence-electron chi connectivity index (χ1n) is 9.98. The normalized spacial score (nSPS) is 19.0. The molecule has 1 aromatic rings. The minimum Gasteiger partial charge on any atom is -0.377 e. The van der Waals surface area contributed by atoms with Crippen LogP contribution in [0.15, 0.2) is 18.2 Å². The molecule has 2 aliphatic rings. The number of carbonyl (C=O) groups is 2. The van der Waals surface area contributed by atoms with Crippen LogP contribution >= 0.6 is 0 Å². The largest absolute Gasteiger partial charge is 0.377 e. The molecule has 1 atom stereocenters. The van der Waals surface area contributed by atoms with Crippen LogP contribution in [0, 0.1) is 5.92 Å². The molecule has 0 unspecified atom stereocenters. The molecule has 2 fully saturated rings. The summed E-state index contributed by atoms with van der Waals surface area (Å²) in [4.78, 5) is 28.6. The fourth-order valence-corrected chi connectivity index (χ4v) is 3.53. The first kappa shape index (κ1) is 19.7. The Labute approximate surface area is 161 Å². The minimum atomic E-state index is 0.0967. The van der Waals surface area contributed by atoms with Crippen LogP contribution in [0.3, 0.4) is 0 Å². The van der Waals surface area contributed by atoms with Gasteiger partial charge in [0, 0.05) is 57.5 Å². The van der Waals surface area contributed by atoms with E-state index in [9.17, 15) is 9.59 Å². The number of hydrogen-bond acceptors (Lipinski definition) is 4. The van der Waals surface area contributed by atoms with Crippen LogP contribution in [0.5, 0.6) is 0 Å². The van der Waals surface area contributed by atoms with Gasteiger partial charge in [0.15, 0.2) is 0 Å². The van der Waals surface area contributed by atoms with Crippen LogP contribution in [-0.4, -0.2) is 50.1 Å². The van der Waals surface area contributed by atoms with Gasteiger partial charge in [0.2, 0.25) is 11.8 Å². The minimum absolute atomic E-state index is 0.0967. The second-order valence-corrected chi connectivity index (χ2v) is 7.76. The molecule has 1 N–H and O–H groups in total. The molecule has 1 heterocycles. The Kier molecular flexibility index (Phi) is 6.37. The highest BCUT2D eigenvalue weighted by molar-refractivity contribution is 5.94. The van der Waals surface area contributed by atoms with Gasteiger partial charge in [0.1, 0.15) is 0 Å². The molecule has 1 aliphatic carbocycles. The lowest BCUT2D eigenvalue weighted by atomic mass is 10.1. The van der Waals surface area contributed by atoms with Crippen LogP contribution in [0.1, 0.15) is 44.6 Å². The van der Waals surface area contributed by atoms with Crippen LogP contribution in [0.4, 0.5) is 11.4 Å². The zero-order chi connectivity index (χ0) is 19.4. The summed E-state index contributed by atoms with van der Waals surface area (Å²) in [5.41, 5.74) is 2.89. The van der Waals surface area contributed by atoms with Crippen molar-refractivity contribution in [3.05, 3.63) is 23.8 Å². The van der Waals surface area contributed by atoms with Crippen molar-refractivity contribution in [2.75, 3.05) is 37.5 Å². The first-order chi connectivity index (χ1) is 13.0. The van der Waals surface area contributed by atoms with Crippen molar-refractivity contribution in [3.8, 4) is 0 Å². The summed E-state index contributed by atoms with van der Waals surface area (Å²) in [6, 6.07) is 5.95. The first-order valence-corrected chi connectivity index (χ1v) is 9.98. The van der Waals surface area contributed by atoms with Crippen LogP contribution in [0.25, 0.3) is 0 Å². The number of anilines is 2. The van der Waals surface area contributed by atoms with Crippen molar-refractivity contribution in [1.29, 1.82) is 0 Å². The number of amides is 2. The summed E-state index contributed by atoms with van der Waals surface area (Å²) >= 11 is 0. The zero-order valence-electron chi connectivity index (χ0n) is 16.7. The topological polar surface area (TPSA) is 61.9 Å². The summed E-state index contributed by atoms with van der Waals surface area (Å²) in [7, 11) is 3.99. The second-order valence-electron chi connectivity index (χ2n) is 7.76. The number of nitrogens with zero attached hydrogens (tertiary/aromatic N) is 2. The highest BCUT2D eigenvalue weighted by atomic mass is 16.5. The molecule has 148 valence electrons. The van der Waals surface area contributed by atoms with E-state index in [0.29, 0.717) is 19.5 Å². The molecule has 1 aromatic carbocycles. The van der Waals surface area contributed by atoms with Crippen molar-refractivity contribution < 1.29 is 14.3 Å². The number of carbonyl (C=O) groups excluding carboxylic acids is 2. The third-order valence-corrected chi connectivity index (χ3v) is 5.24. The fourth-order valence-electron chi connectivity index (χ4n) is 3.53. The lowest BCUT2D eigenvalue weighted by molar-refractivity contribution is -0.133. The second kappa shape index (κ2) is 8.74. The fraction of sp³-hybridized carbons (Fsp3) is 0.619. The molecule has 1 aliphatic heterocycles. The van der Waals surface area contributed by atoms with Crippen molar-refractivity contribution >= 4 is 23.2 Å². The van der Waals surface area contributed by atoms with Crippen LogP contribution in [0.2, 0.25) is 0 Å². The molecule has 6 nitrogen and oxygen atoms in total. The van der Waals surface area contributed by atoms with Gasteiger partial charge < -0.3 is 19.9 Å². The Morgan fingerprint density at radius 3 is 2.59 bits per heavy atom. The monoisotopic (exact) mass is 373 g/mol. The van der Waals surface area contributed by atoms with E-state index in [1.54, 1.807) is 0 Å². The Morgan fingerprint density at radius 2 is 2.00 bits per heavy atom. The third-order valence-electron chi connectivity index (χ3n) is 5.24. The Morgan fingerprint density at radius 1 is 1.22 bits per heavy atom. The average molecular weight is 373 g/mol. The molecular weight excluding hydrogens is 342 g/mol. The zero-order valence-corrected chi connectivity index (χ0v) is 16.7. The van der Waals surface area contributed by atoms with Gasteiger partial charge >= 0.3 is 0 Å². The van der Waals surface area contributed by atoms with E-state index in [4.69, 9.17) is 4.74 Å². The molecule has 0 aromatic heterocycles. The van der Waals surface area contributed by atoms with Crippen molar-refractivity contribution in [3.63, 3.8) is 0 Å². The molecule has 2 amide bonds. The highest BCUT2D eigenvalue weighted by Gasteiger charge is 2.30. The molecule has 0 spiro atoms. The Balaban J connectivity index is 1.79. The standard InChI is InChI=1S/C21H31N3O3/c1-4-20(25)24(14-18-6-5-11-27-18)13-16-12-17(9-10-19(16)23(2)3)22-21(26)15-7-8-15/h9-10,12,15,18H,4-8,11,13-14H2,1-3H3,(H,22,26)/t18-/m1/s1. The summed E-state index contributed by atoms with van der Waals surface area (Å²) in [6.07, 6.45) is 4.63. The van der Waals surface area contributed by atoms with E-state index >= 15 is 0 Å². The van der Waals surface area contributed by atoms with Crippen LogP contribution < -0.4 is 10.2 Å². The van der Waals surface area contributed by atoms with E-state index in [1.165, 1.54) is 0 Å². The molecule has 6 heteroatoms. The van der Waals surface area contributed by atoms with Gasteiger partial charge in [-0.15, -0.1) is 0 Å². The molecule has 0 radical (unpaired) electrons. The van der Waals surface area contributed by atoms with Gasteiger partial charge in [0.25, 0.3) is 0 Å². The van der Waals surface area contributed by atoms with Crippen molar-refractivity contribution in [2.24, 2.45) is 5.92 Å². The lowest BCUT2D eigenvalue weighted by Gasteiger charge is -2.28. The maximum absolute atomic E-state index is 12.5. The molecule has 1 saturated carbocycles. The van der Waals surface area contributed by atoms with Gasteiger partial charge in [-0.25, -0.2) is 0 Å². The summed E-state index contributed by atoms with van der Waals surface area (Å²) in [5, 5.41) is 3.01. The van der Waals surface area contributed by atoms with Crippen LogP contribution in [-0.2, 0) is 20.9 Å². The molecule has 27 heavy (non-hydrogen) atoms. The highest BCUT2D eigenvalue weighted by Crippen LogP contribution is 2.31. The number of nitrogens with one attached hydrogen (secondary N) is 1. The van der Waals surface area contributed by atoms with E-state index in [-0.39, 0.29) is 23.8 Å². The predicted octanol–water partition coefficient (Wildman–Crippen LogP) is 3.02. The third kappa shape index (κ3) is 5.22. The molecule has 0 bridgehead atoms. The number of ether oxygens (including phenoxy) is 1. The van der Waals surface area contributed by atoms with Gasteiger partial charge in [-0.1, -0.05) is 6.92 Å².